The highest BCUT2D eigenvalue weighted by molar-refractivity contribution is 5.79. The minimum Gasteiger partial charge on any atom is -0.352 e. The number of benzene rings is 1. The lowest BCUT2D eigenvalue weighted by Gasteiger charge is -2.24. The van der Waals surface area contributed by atoms with E-state index in [0.717, 1.165) is 42.6 Å². The Morgan fingerprint density at radius 3 is 2.79 bits per heavy atom. The van der Waals surface area contributed by atoms with Crippen LogP contribution in [0.3, 0.4) is 0 Å². The SMILES string of the molecule is N#CCCCc1cn(-c2ccc(CNC(=O)C3CCC3)cc2)nn1. The molecule has 3 rings (SSSR count). The maximum atomic E-state index is 11.8. The summed E-state index contributed by atoms with van der Waals surface area (Å²) in [5, 5.41) is 19.8. The molecule has 0 atom stereocenters. The molecule has 6 nitrogen and oxygen atoms in total. The minimum absolute atomic E-state index is 0.170. The summed E-state index contributed by atoms with van der Waals surface area (Å²) in [5.74, 6) is 0.391. The van der Waals surface area contributed by atoms with Crippen LogP contribution in [-0.4, -0.2) is 20.9 Å². The number of aromatic nitrogens is 3. The summed E-state index contributed by atoms with van der Waals surface area (Å²) < 4.78 is 1.73. The summed E-state index contributed by atoms with van der Waals surface area (Å²) >= 11 is 0. The van der Waals surface area contributed by atoms with Gasteiger partial charge in [0, 0.05) is 18.9 Å². The molecule has 1 aliphatic carbocycles. The van der Waals surface area contributed by atoms with Gasteiger partial charge in [0.2, 0.25) is 5.91 Å². The molecule has 2 aromatic rings. The van der Waals surface area contributed by atoms with Crippen molar-refractivity contribution in [1.82, 2.24) is 20.3 Å². The molecule has 0 aliphatic heterocycles. The van der Waals surface area contributed by atoms with Gasteiger partial charge in [-0.25, -0.2) is 4.68 Å². The van der Waals surface area contributed by atoms with E-state index in [-0.39, 0.29) is 11.8 Å². The summed E-state index contributed by atoms with van der Waals surface area (Å²) in [6.07, 6.45) is 7.21. The molecule has 0 radical (unpaired) electrons. The van der Waals surface area contributed by atoms with Crippen LogP contribution in [0.15, 0.2) is 30.5 Å². The molecule has 0 saturated heterocycles. The number of hydrogen-bond acceptors (Lipinski definition) is 4. The van der Waals surface area contributed by atoms with Crippen LogP contribution in [-0.2, 0) is 17.8 Å². The zero-order valence-corrected chi connectivity index (χ0v) is 13.6. The van der Waals surface area contributed by atoms with Gasteiger partial charge in [0.05, 0.1) is 23.6 Å². The van der Waals surface area contributed by atoms with E-state index < -0.39 is 0 Å². The van der Waals surface area contributed by atoms with E-state index in [4.69, 9.17) is 5.26 Å². The second-order valence-corrected chi connectivity index (χ2v) is 6.18. The average Bonchev–Trinajstić information content (AvgIpc) is 3.01. The summed E-state index contributed by atoms with van der Waals surface area (Å²) in [7, 11) is 0. The van der Waals surface area contributed by atoms with Crippen molar-refractivity contribution in [3.8, 4) is 11.8 Å². The largest absolute Gasteiger partial charge is 0.352 e. The molecule has 1 saturated carbocycles. The van der Waals surface area contributed by atoms with E-state index in [1.165, 1.54) is 6.42 Å². The van der Waals surface area contributed by atoms with Gasteiger partial charge < -0.3 is 5.32 Å². The molecule has 1 heterocycles. The second-order valence-electron chi connectivity index (χ2n) is 6.18. The lowest BCUT2D eigenvalue weighted by atomic mass is 9.85. The Morgan fingerprint density at radius 1 is 1.33 bits per heavy atom. The Labute approximate surface area is 141 Å². The number of rotatable bonds is 7. The Morgan fingerprint density at radius 2 is 2.12 bits per heavy atom. The smallest absolute Gasteiger partial charge is 0.223 e. The standard InChI is InChI=1S/C18H21N5O/c19-11-2-1-6-16-13-23(22-21-16)17-9-7-14(8-10-17)12-20-18(24)15-4-3-5-15/h7-10,13,15H,1-6,12H2,(H,20,24). The van der Waals surface area contributed by atoms with Gasteiger partial charge in [-0.1, -0.05) is 23.8 Å². The molecule has 124 valence electrons. The molecule has 0 bridgehead atoms. The fourth-order valence-electron chi connectivity index (χ4n) is 2.66. The van der Waals surface area contributed by atoms with Crippen molar-refractivity contribution in [2.45, 2.75) is 45.1 Å². The highest BCUT2D eigenvalue weighted by Gasteiger charge is 2.24. The first-order chi connectivity index (χ1) is 11.8. The van der Waals surface area contributed by atoms with Gasteiger partial charge in [-0.2, -0.15) is 5.26 Å². The molecule has 1 aliphatic rings. The zero-order valence-electron chi connectivity index (χ0n) is 13.6. The van der Waals surface area contributed by atoms with Crippen molar-refractivity contribution >= 4 is 5.91 Å². The summed E-state index contributed by atoms with van der Waals surface area (Å²) in [6, 6.07) is 10.1. The number of carbonyl (C=O) groups excluding carboxylic acids is 1. The normalized spacial score (nSPS) is 14.0. The van der Waals surface area contributed by atoms with Crippen molar-refractivity contribution in [1.29, 1.82) is 5.26 Å². The van der Waals surface area contributed by atoms with Gasteiger partial charge >= 0.3 is 0 Å². The Balaban J connectivity index is 1.54. The zero-order chi connectivity index (χ0) is 16.8. The lowest BCUT2D eigenvalue weighted by Crippen LogP contribution is -2.33. The van der Waals surface area contributed by atoms with Crippen LogP contribution < -0.4 is 5.32 Å². The van der Waals surface area contributed by atoms with Crippen LogP contribution in [0.5, 0.6) is 0 Å². The van der Waals surface area contributed by atoms with E-state index in [0.29, 0.717) is 13.0 Å². The van der Waals surface area contributed by atoms with Gasteiger partial charge in [-0.05, 0) is 43.4 Å². The Kier molecular flexibility index (Phi) is 5.22. The molecule has 1 amide bonds. The molecule has 0 unspecified atom stereocenters. The number of nitriles is 1. The maximum Gasteiger partial charge on any atom is 0.223 e. The quantitative estimate of drug-likeness (QED) is 0.794. The van der Waals surface area contributed by atoms with Gasteiger partial charge in [0.1, 0.15) is 0 Å². The molecule has 6 heteroatoms. The fourth-order valence-corrected chi connectivity index (χ4v) is 2.66. The number of carbonyl (C=O) groups is 1. The molecular weight excluding hydrogens is 302 g/mol. The maximum absolute atomic E-state index is 11.8. The highest BCUT2D eigenvalue weighted by Crippen LogP contribution is 2.26. The monoisotopic (exact) mass is 323 g/mol. The summed E-state index contributed by atoms with van der Waals surface area (Å²) in [6.45, 7) is 0.562. The number of nitrogens with one attached hydrogen (secondary N) is 1. The minimum atomic E-state index is 0.170. The second kappa shape index (κ2) is 7.73. The number of aryl methyl sites for hydroxylation is 1. The average molecular weight is 323 g/mol. The third-order valence-electron chi connectivity index (χ3n) is 4.41. The molecular formula is C18H21N5O. The van der Waals surface area contributed by atoms with E-state index in [9.17, 15) is 4.79 Å². The molecule has 1 aromatic heterocycles. The van der Waals surface area contributed by atoms with E-state index in [1.54, 1.807) is 4.68 Å². The third-order valence-corrected chi connectivity index (χ3v) is 4.41. The first kappa shape index (κ1) is 16.2. The molecule has 0 spiro atoms. The molecule has 24 heavy (non-hydrogen) atoms. The Hall–Kier alpha value is -2.68. The van der Waals surface area contributed by atoms with Gasteiger partial charge in [-0.3, -0.25) is 4.79 Å². The van der Waals surface area contributed by atoms with E-state index in [1.807, 2.05) is 30.5 Å². The summed E-state index contributed by atoms with van der Waals surface area (Å²) in [5.41, 5.74) is 2.89. The molecule has 1 fully saturated rings. The highest BCUT2D eigenvalue weighted by atomic mass is 16.1. The molecule has 1 N–H and O–H groups in total. The number of nitrogens with zero attached hydrogens (tertiary/aromatic N) is 4. The van der Waals surface area contributed by atoms with Crippen molar-refractivity contribution in [2.24, 2.45) is 5.92 Å². The van der Waals surface area contributed by atoms with Crippen LogP contribution in [0.4, 0.5) is 0 Å². The van der Waals surface area contributed by atoms with E-state index >= 15 is 0 Å². The van der Waals surface area contributed by atoms with Crippen LogP contribution in [0.25, 0.3) is 5.69 Å². The van der Waals surface area contributed by atoms with Crippen molar-refractivity contribution in [2.75, 3.05) is 0 Å². The van der Waals surface area contributed by atoms with Crippen LogP contribution in [0.2, 0.25) is 0 Å². The third kappa shape index (κ3) is 3.99. The Bertz CT molecular complexity index is 725. The predicted octanol–water partition coefficient (Wildman–Crippen LogP) is 2.53. The van der Waals surface area contributed by atoms with Crippen molar-refractivity contribution in [3.63, 3.8) is 0 Å². The van der Waals surface area contributed by atoms with E-state index in [2.05, 4.69) is 21.7 Å². The number of hydrogen-bond donors (Lipinski definition) is 1. The van der Waals surface area contributed by atoms with Crippen molar-refractivity contribution in [3.05, 3.63) is 41.7 Å². The van der Waals surface area contributed by atoms with Crippen LogP contribution in [0, 0.1) is 17.2 Å². The first-order valence-electron chi connectivity index (χ1n) is 8.41. The number of unbranched alkanes of at least 4 members (excludes halogenated alkanes) is 1. The topological polar surface area (TPSA) is 83.6 Å². The predicted molar refractivity (Wildman–Crippen MR) is 89.1 cm³/mol. The van der Waals surface area contributed by atoms with Gasteiger partial charge in [0.25, 0.3) is 0 Å². The lowest BCUT2D eigenvalue weighted by molar-refractivity contribution is -0.127. The van der Waals surface area contributed by atoms with Crippen molar-refractivity contribution < 1.29 is 4.79 Å². The van der Waals surface area contributed by atoms with Gasteiger partial charge in [-0.15, -0.1) is 5.10 Å². The first-order valence-corrected chi connectivity index (χ1v) is 8.41. The molecule has 1 aromatic carbocycles. The van der Waals surface area contributed by atoms with Gasteiger partial charge in [0.15, 0.2) is 0 Å². The number of amides is 1. The fraction of sp³-hybridized carbons (Fsp3) is 0.444. The van der Waals surface area contributed by atoms with Crippen LogP contribution in [0.1, 0.15) is 43.4 Å². The summed E-state index contributed by atoms with van der Waals surface area (Å²) in [4.78, 5) is 11.8. The van der Waals surface area contributed by atoms with Crippen LogP contribution >= 0.6 is 0 Å².